The molecule has 43 heavy (non-hydrogen) atoms. The Morgan fingerprint density at radius 2 is 1.33 bits per heavy atom. The fraction of sp³-hybridized carbons (Fsp3) is 0.0345. The van der Waals surface area contributed by atoms with E-state index in [9.17, 15) is 26.5 Å². The number of anilines is 2. The Balaban J connectivity index is 1.43. The van der Waals surface area contributed by atoms with Crippen LogP contribution in [0.4, 0.5) is 34.1 Å². The van der Waals surface area contributed by atoms with Crippen molar-refractivity contribution in [3.63, 3.8) is 0 Å². The zero-order chi connectivity index (χ0) is 30.8. The highest BCUT2D eigenvalue weighted by Gasteiger charge is 2.22. The molecule has 0 saturated carbocycles. The van der Waals surface area contributed by atoms with Crippen molar-refractivity contribution >= 4 is 65.1 Å². The molecule has 0 heterocycles. The normalized spacial score (nSPS) is 12.3. The first-order chi connectivity index (χ1) is 20.4. The standard InChI is InChI=1S/C29H23N5O7S2/c1-18-15-23(10-14-26(18)33-31-21-7-11-24(12-8-21)42(36,37)38)32-34-28-27(43(39,40)41)17-19-16-22(9-13-25(19)29(28)35)30-20-5-3-2-4-6-20/h2-17,30,35H,1H3,(H,36,37,38)(H,39,40,41). The number of benzene rings is 5. The van der Waals surface area contributed by atoms with Crippen molar-refractivity contribution in [2.24, 2.45) is 20.5 Å². The van der Waals surface area contributed by atoms with Gasteiger partial charge in [0.25, 0.3) is 20.2 Å². The van der Waals surface area contributed by atoms with Gasteiger partial charge in [-0.05, 0) is 96.7 Å². The van der Waals surface area contributed by atoms with E-state index in [0.717, 1.165) is 5.69 Å². The third kappa shape index (κ3) is 6.90. The molecule has 5 aromatic rings. The number of rotatable bonds is 8. The molecule has 5 aromatic carbocycles. The SMILES string of the molecule is Cc1cc(N=Nc2c(S(=O)(=O)O)cc3cc(Nc4ccccc4)ccc3c2O)ccc1N=Nc1ccc(S(=O)(=O)O)cc1. The number of hydrogen-bond donors (Lipinski definition) is 4. The van der Waals surface area contributed by atoms with Gasteiger partial charge in [-0.25, -0.2) is 0 Å². The molecule has 0 amide bonds. The zero-order valence-corrected chi connectivity index (χ0v) is 24.0. The fourth-order valence-electron chi connectivity index (χ4n) is 4.13. The van der Waals surface area contributed by atoms with E-state index in [1.54, 1.807) is 43.3 Å². The number of phenolic OH excluding ortho intramolecular Hbond substituents is 1. The van der Waals surface area contributed by atoms with Crippen molar-refractivity contribution in [2.45, 2.75) is 16.7 Å². The molecule has 0 aliphatic carbocycles. The third-order valence-corrected chi connectivity index (χ3v) is 7.98. The van der Waals surface area contributed by atoms with Crippen molar-refractivity contribution in [3.05, 3.63) is 103 Å². The van der Waals surface area contributed by atoms with E-state index in [4.69, 9.17) is 4.55 Å². The number of aromatic hydroxyl groups is 1. The predicted molar refractivity (Wildman–Crippen MR) is 161 cm³/mol. The van der Waals surface area contributed by atoms with Gasteiger partial charge in [0.1, 0.15) is 10.6 Å². The molecule has 0 aromatic heterocycles. The minimum absolute atomic E-state index is 0.267. The maximum atomic E-state index is 12.3. The maximum absolute atomic E-state index is 12.3. The minimum atomic E-state index is -4.79. The van der Waals surface area contributed by atoms with Crippen LogP contribution in [0.3, 0.4) is 0 Å². The summed E-state index contributed by atoms with van der Waals surface area (Å²) in [7, 11) is -9.11. The van der Waals surface area contributed by atoms with Crippen LogP contribution in [0.25, 0.3) is 10.8 Å². The Hall–Kier alpha value is -5.02. The molecule has 12 nitrogen and oxygen atoms in total. The first-order valence-electron chi connectivity index (χ1n) is 12.5. The molecule has 14 heteroatoms. The maximum Gasteiger partial charge on any atom is 0.296 e. The summed E-state index contributed by atoms with van der Waals surface area (Å²) in [5.41, 5.74) is 2.77. The van der Waals surface area contributed by atoms with Crippen molar-refractivity contribution in [1.82, 2.24) is 0 Å². The van der Waals surface area contributed by atoms with Gasteiger partial charge >= 0.3 is 0 Å². The number of para-hydroxylation sites is 1. The molecule has 4 N–H and O–H groups in total. The molecule has 5 rings (SSSR count). The molecule has 218 valence electrons. The number of phenols is 1. The lowest BCUT2D eigenvalue weighted by Crippen LogP contribution is -1.99. The summed E-state index contributed by atoms with van der Waals surface area (Å²) in [5.74, 6) is -0.470. The van der Waals surface area contributed by atoms with Gasteiger partial charge in [0.15, 0.2) is 5.75 Å². The summed E-state index contributed by atoms with van der Waals surface area (Å²) in [6, 6.07) is 25.4. The van der Waals surface area contributed by atoms with E-state index >= 15 is 0 Å². The van der Waals surface area contributed by atoms with Crippen LogP contribution in [0.2, 0.25) is 0 Å². The van der Waals surface area contributed by atoms with E-state index in [2.05, 4.69) is 25.8 Å². The lowest BCUT2D eigenvalue weighted by molar-refractivity contribution is 0.472. The molecule has 0 aliphatic heterocycles. The third-order valence-electron chi connectivity index (χ3n) is 6.24. The quantitative estimate of drug-likeness (QED) is 0.0996. The second kappa shape index (κ2) is 11.7. The van der Waals surface area contributed by atoms with Crippen molar-refractivity contribution in [3.8, 4) is 5.75 Å². The molecule has 0 atom stereocenters. The number of nitrogens with one attached hydrogen (secondary N) is 1. The van der Waals surface area contributed by atoms with Crippen LogP contribution in [0.15, 0.2) is 127 Å². The van der Waals surface area contributed by atoms with Crippen LogP contribution in [0.1, 0.15) is 5.56 Å². The zero-order valence-electron chi connectivity index (χ0n) is 22.3. The molecule has 0 bridgehead atoms. The van der Waals surface area contributed by atoms with Crippen LogP contribution in [-0.2, 0) is 20.2 Å². The topological polar surface area (TPSA) is 190 Å². The average molecular weight is 618 g/mol. The Kier molecular flexibility index (Phi) is 8.02. The van der Waals surface area contributed by atoms with Gasteiger partial charge in [0.05, 0.1) is 22.0 Å². The number of fused-ring (bicyclic) bond motifs is 1. The van der Waals surface area contributed by atoms with E-state index < -0.39 is 36.6 Å². The van der Waals surface area contributed by atoms with Gasteiger partial charge in [0.2, 0.25) is 0 Å². The molecule has 0 fully saturated rings. The van der Waals surface area contributed by atoms with Crippen molar-refractivity contribution < 1.29 is 31.0 Å². The summed E-state index contributed by atoms with van der Waals surface area (Å²) in [5, 5.41) is 31.0. The number of nitrogens with zero attached hydrogens (tertiary/aromatic N) is 4. The highest BCUT2D eigenvalue weighted by Crippen LogP contribution is 2.42. The van der Waals surface area contributed by atoms with Gasteiger partial charge in [0, 0.05) is 16.8 Å². The first kappa shape index (κ1) is 29.5. The summed E-state index contributed by atoms with van der Waals surface area (Å²) < 4.78 is 65.9. The summed E-state index contributed by atoms with van der Waals surface area (Å²) in [4.78, 5) is -0.878. The predicted octanol–water partition coefficient (Wildman–Crippen LogP) is 7.92. The van der Waals surface area contributed by atoms with Crippen LogP contribution in [-0.4, -0.2) is 31.0 Å². The number of aryl methyl sites for hydroxylation is 1. The van der Waals surface area contributed by atoms with Crippen LogP contribution in [0, 0.1) is 6.92 Å². The number of azo groups is 2. The fourth-order valence-corrected chi connectivity index (χ4v) is 5.27. The van der Waals surface area contributed by atoms with E-state index in [1.807, 2.05) is 30.3 Å². The smallest absolute Gasteiger partial charge is 0.296 e. The van der Waals surface area contributed by atoms with Gasteiger partial charge < -0.3 is 10.4 Å². The van der Waals surface area contributed by atoms with Crippen LogP contribution < -0.4 is 5.32 Å². The molecule has 0 saturated heterocycles. The molecule has 0 aliphatic rings. The second-order valence-electron chi connectivity index (χ2n) is 9.31. The van der Waals surface area contributed by atoms with Gasteiger partial charge in [-0.15, -0.1) is 5.11 Å². The second-order valence-corrected chi connectivity index (χ2v) is 12.1. The van der Waals surface area contributed by atoms with E-state index in [1.165, 1.54) is 30.3 Å². The lowest BCUT2D eigenvalue weighted by Gasteiger charge is -2.11. The summed E-state index contributed by atoms with van der Waals surface area (Å²) >= 11 is 0. The van der Waals surface area contributed by atoms with Crippen molar-refractivity contribution in [1.29, 1.82) is 0 Å². The van der Waals surface area contributed by atoms with Gasteiger partial charge in [-0.3, -0.25) is 9.11 Å². The Morgan fingerprint density at radius 3 is 1.98 bits per heavy atom. The minimum Gasteiger partial charge on any atom is -0.505 e. The van der Waals surface area contributed by atoms with E-state index in [0.29, 0.717) is 39.1 Å². The Labute approximate surface area is 246 Å². The highest BCUT2D eigenvalue weighted by atomic mass is 32.2. The largest absolute Gasteiger partial charge is 0.505 e. The highest BCUT2D eigenvalue weighted by molar-refractivity contribution is 7.86. The van der Waals surface area contributed by atoms with Gasteiger partial charge in [-0.2, -0.15) is 32.2 Å². The molecule has 0 radical (unpaired) electrons. The molecular formula is C29H23N5O7S2. The van der Waals surface area contributed by atoms with Crippen molar-refractivity contribution in [2.75, 3.05) is 5.32 Å². The molecule has 0 unspecified atom stereocenters. The van der Waals surface area contributed by atoms with Crippen LogP contribution >= 0.6 is 0 Å². The first-order valence-corrected chi connectivity index (χ1v) is 15.4. The summed E-state index contributed by atoms with van der Waals surface area (Å²) in [6.45, 7) is 1.73. The Bertz CT molecular complexity index is 2120. The van der Waals surface area contributed by atoms with Crippen LogP contribution in [0.5, 0.6) is 5.75 Å². The Morgan fingerprint density at radius 1 is 0.651 bits per heavy atom. The van der Waals surface area contributed by atoms with Gasteiger partial charge in [-0.1, -0.05) is 18.2 Å². The number of hydrogen-bond acceptors (Lipinski definition) is 10. The summed E-state index contributed by atoms with van der Waals surface area (Å²) in [6.07, 6.45) is 0. The lowest BCUT2D eigenvalue weighted by atomic mass is 10.1. The molecular weight excluding hydrogens is 594 g/mol. The molecule has 0 spiro atoms. The average Bonchev–Trinajstić information content (AvgIpc) is 2.96. The monoisotopic (exact) mass is 617 g/mol. The van der Waals surface area contributed by atoms with E-state index in [-0.39, 0.29) is 4.90 Å².